The summed E-state index contributed by atoms with van der Waals surface area (Å²) in [7, 11) is 0. The van der Waals surface area contributed by atoms with Crippen LogP contribution in [0.25, 0.3) is 16.9 Å². The summed E-state index contributed by atoms with van der Waals surface area (Å²) in [6.07, 6.45) is 1.98. The number of amides is 2. The van der Waals surface area contributed by atoms with Crippen molar-refractivity contribution < 1.29 is 14.3 Å². The van der Waals surface area contributed by atoms with Gasteiger partial charge in [0.15, 0.2) is 0 Å². The normalized spacial score (nSPS) is 19.1. The molecule has 200 valence electrons. The van der Waals surface area contributed by atoms with Gasteiger partial charge in [-0.2, -0.15) is 5.10 Å². The average Bonchev–Trinajstić information content (AvgIpc) is 3.72. The Bertz CT molecular complexity index is 1460. The summed E-state index contributed by atoms with van der Waals surface area (Å²) in [6.45, 7) is 3.14. The number of hydrogen-bond donors (Lipinski definition) is 1. The van der Waals surface area contributed by atoms with E-state index in [-0.39, 0.29) is 35.5 Å². The van der Waals surface area contributed by atoms with Gasteiger partial charge in [0, 0.05) is 29.2 Å². The van der Waals surface area contributed by atoms with Crippen LogP contribution >= 0.6 is 23.1 Å². The third kappa shape index (κ3) is 5.39. The summed E-state index contributed by atoms with van der Waals surface area (Å²) in [4.78, 5) is 29.8. The highest BCUT2D eigenvalue weighted by Gasteiger charge is 2.38. The molecule has 2 aromatic heterocycles. The topological polar surface area (TPSA) is 76.5 Å². The summed E-state index contributed by atoms with van der Waals surface area (Å²) >= 11 is 3.26. The Labute approximate surface area is 236 Å². The van der Waals surface area contributed by atoms with Crippen molar-refractivity contribution in [1.29, 1.82) is 0 Å². The van der Waals surface area contributed by atoms with Crippen molar-refractivity contribution in [1.82, 2.24) is 15.1 Å². The number of rotatable bonds is 7. The first-order valence-corrected chi connectivity index (χ1v) is 15.1. The number of nitrogens with zero attached hydrogens (tertiary/aromatic N) is 3. The zero-order valence-electron chi connectivity index (χ0n) is 21.7. The van der Waals surface area contributed by atoms with E-state index in [4.69, 9.17) is 9.84 Å². The van der Waals surface area contributed by atoms with Gasteiger partial charge in [0.05, 0.1) is 28.5 Å². The van der Waals surface area contributed by atoms with E-state index in [2.05, 4.69) is 22.8 Å². The molecule has 0 radical (unpaired) electrons. The Balaban J connectivity index is 1.50. The van der Waals surface area contributed by atoms with Crippen LogP contribution in [0.5, 0.6) is 0 Å². The molecule has 2 atom stereocenters. The lowest BCUT2D eigenvalue weighted by Gasteiger charge is -2.23. The van der Waals surface area contributed by atoms with Crippen LogP contribution in [-0.4, -0.2) is 53.1 Å². The molecule has 2 aliphatic heterocycles. The summed E-state index contributed by atoms with van der Waals surface area (Å²) in [5.41, 5.74) is 4.68. The van der Waals surface area contributed by atoms with Crippen LogP contribution in [0.3, 0.4) is 0 Å². The Morgan fingerprint density at radius 1 is 1.13 bits per heavy atom. The summed E-state index contributed by atoms with van der Waals surface area (Å²) in [6, 6.07) is 22.3. The molecular formula is C30H30N4O3S2. The molecule has 1 saturated heterocycles. The molecule has 0 saturated carbocycles. The SMILES string of the molecule is Cc1cccc(-n2nc(-c3ccccc3)c3c2N(CC(=O)NC[C@H]2CCCO2)C(=O)CS[C@H]3c2cccs2)c1. The number of nitrogens with one attached hydrogen (secondary N) is 1. The number of aromatic nitrogens is 2. The van der Waals surface area contributed by atoms with Gasteiger partial charge in [-0.15, -0.1) is 23.1 Å². The third-order valence-corrected chi connectivity index (χ3v) is 9.36. The molecule has 0 unspecified atom stereocenters. The predicted molar refractivity (Wildman–Crippen MR) is 157 cm³/mol. The van der Waals surface area contributed by atoms with Gasteiger partial charge in [0.25, 0.3) is 0 Å². The van der Waals surface area contributed by atoms with Crippen LogP contribution in [0.4, 0.5) is 5.82 Å². The van der Waals surface area contributed by atoms with Gasteiger partial charge < -0.3 is 10.1 Å². The molecule has 0 spiro atoms. The molecule has 9 heteroatoms. The minimum Gasteiger partial charge on any atom is -0.376 e. The molecule has 4 aromatic rings. The van der Waals surface area contributed by atoms with Crippen molar-refractivity contribution in [2.45, 2.75) is 31.1 Å². The smallest absolute Gasteiger partial charge is 0.240 e. The number of thiophene rings is 1. The maximum Gasteiger partial charge on any atom is 0.240 e. The predicted octanol–water partition coefficient (Wildman–Crippen LogP) is 5.37. The minimum absolute atomic E-state index is 0.0330. The molecule has 2 aromatic carbocycles. The second kappa shape index (κ2) is 11.4. The molecule has 0 aliphatic carbocycles. The number of benzene rings is 2. The van der Waals surface area contributed by atoms with Crippen molar-refractivity contribution >= 4 is 40.7 Å². The number of ether oxygens (including phenoxy) is 1. The molecule has 7 nitrogen and oxygen atoms in total. The second-order valence-electron chi connectivity index (χ2n) is 9.83. The number of aryl methyl sites for hydroxylation is 1. The van der Waals surface area contributed by atoms with Gasteiger partial charge in [-0.25, -0.2) is 4.68 Å². The number of anilines is 1. The van der Waals surface area contributed by atoms with Gasteiger partial charge in [-0.05, 0) is 48.9 Å². The van der Waals surface area contributed by atoms with E-state index in [1.165, 1.54) is 0 Å². The van der Waals surface area contributed by atoms with Crippen molar-refractivity contribution in [3.8, 4) is 16.9 Å². The lowest BCUT2D eigenvalue weighted by atomic mass is 10.0. The Morgan fingerprint density at radius 2 is 2.00 bits per heavy atom. The maximum absolute atomic E-state index is 13.7. The van der Waals surface area contributed by atoms with E-state index < -0.39 is 0 Å². The standard InChI is InChI=1S/C30H30N4O3S2/c1-20-8-5-11-22(16-20)34-30-27(28(32-34)21-9-3-2-4-10-21)29(24-13-7-15-38-24)39-19-26(36)33(30)18-25(35)31-17-23-12-6-14-37-23/h2-5,7-11,13,15-16,23,29H,6,12,14,17-19H2,1H3,(H,31,35)/t23-,29+/m1/s1. The van der Waals surface area contributed by atoms with Crippen molar-refractivity contribution in [3.63, 3.8) is 0 Å². The first-order valence-electron chi connectivity index (χ1n) is 13.2. The van der Waals surface area contributed by atoms with Crippen LogP contribution in [-0.2, 0) is 14.3 Å². The molecule has 1 fully saturated rings. The largest absolute Gasteiger partial charge is 0.376 e. The maximum atomic E-state index is 13.7. The van der Waals surface area contributed by atoms with Crippen LogP contribution in [0, 0.1) is 6.92 Å². The average molecular weight is 559 g/mol. The third-order valence-electron chi connectivity index (χ3n) is 7.04. The molecule has 2 aliphatic rings. The lowest BCUT2D eigenvalue weighted by molar-refractivity contribution is -0.123. The fraction of sp³-hybridized carbons (Fsp3) is 0.300. The number of thioether (sulfide) groups is 1. The number of fused-ring (bicyclic) bond motifs is 1. The summed E-state index contributed by atoms with van der Waals surface area (Å²) < 4.78 is 7.52. The minimum atomic E-state index is -0.206. The fourth-order valence-electron chi connectivity index (χ4n) is 5.17. The zero-order valence-corrected chi connectivity index (χ0v) is 23.3. The van der Waals surface area contributed by atoms with E-state index >= 15 is 0 Å². The van der Waals surface area contributed by atoms with Gasteiger partial charge in [0.2, 0.25) is 11.8 Å². The Kier molecular flexibility index (Phi) is 7.54. The molecule has 2 amide bonds. The fourth-order valence-corrected chi connectivity index (χ4v) is 7.34. The highest BCUT2D eigenvalue weighted by atomic mass is 32.2. The Hall–Kier alpha value is -3.40. The monoisotopic (exact) mass is 558 g/mol. The number of hydrogen-bond acceptors (Lipinski definition) is 6. The van der Waals surface area contributed by atoms with E-state index in [9.17, 15) is 9.59 Å². The molecule has 1 N–H and O–H groups in total. The Morgan fingerprint density at radius 3 is 2.74 bits per heavy atom. The van der Waals surface area contributed by atoms with E-state index in [1.807, 2.05) is 66.2 Å². The lowest BCUT2D eigenvalue weighted by Crippen LogP contribution is -2.44. The van der Waals surface area contributed by atoms with Crippen molar-refractivity contribution in [2.24, 2.45) is 0 Å². The summed E-state index contributed by atoms with van der Waals surface area (Å²) in [5, 5.41) is 10.1. The second-order valence-corrected chi connectivity index (χ2v) is 11.9. The van der Waals surface area contributed by atoms with E-state index in [0.29, 0.717) is 12.4 Å². The van der Waals surface area contributed by atoms with Crippen LogP contribution in [0.1, 0.15) is 34.1 Å². The van der Waals surface area contributed by atoms with Gasteiger partial charge in [-0.3, -0.25) is 14.5 Å². The van der Waals surface area contributed by atoms with Gasteiger partial charge >= 0.3 is 0 Å². The van der Waals surface area contributed by atoms with Crippen LogP contribution < -0.4 is 10.2 Å². The van der Waals surface area contributed by atoms with Crippen molar-refractivity contribution in [3.05, 3.63) is 88.1 Å². The number of carbonyl (C=O) groups is 2. The first kappa shape index (κ1) is 25.9. The highest BCUT2D eigenvalue weighted by Crippen LogP contribution is 2.49. The van der Waals surface area contributed by atoms with Gasteiger partial charge in [0.1, 0.15) is 12.4 Å². The first-order chi connectivity index (χ1) is 19.1. The van der Waals surface area contributed by atoms with Crippen molar-refractivity contribution in [2.75, 3.05) is 30.3 Å². The van der Waals surface area contributed by atoms with Crippen LogP contribution in [0.2, 0.25) is 0 Å². The number of carbonyl (C=O) groups excluding carboxylic acids is 2. The van der Waals surface area contributed by atoms with E-state index in [1.54, 1.807) is 28.0 Å². The quantitative estimate of drug-likeness (QED) is 0.330. The zero-order chi connectivity index (χ0) is 26.8. The highest BCUT2D eigenvalue weighted by molar-refractivity contribution is 8.00. The molecule has 4 heterocycles. The molecule has 6 rings (SSSR count). The van der Waals surface area contributed by atoms with Gasteiger partial charge in [-0.1, -0.05) is 48.5 Å². The molecule has 0 bridgehead atoms. The van der Waals surface area contributed by atoms with E-state index in [0.717, 1.165) is 52.4 Å². The molecular weight excluding hydrogens is 528 g/mol. The van der Waals surface area contributed by atoms with Crippen LogP contribution in [0.15, 0.2) is 72.1 Å². The summed E-state index contributed by atoms with van der Waals surface area (Å²) in [5.74, 6) is 0.599. The molecule has 39 heavy (non-hydrogen) atoms.